The average Bonchev–Trinajstić information content (AvgIpc) is 3.16. The zero-order valence-electron chi connectivity index (χ0n) is 16.2. The molecule has 0 fully saturated rings. The standard InChI is InChI=1S/C24H21F3OSi/c1-29(2,21-6-4-3-5-7-21)23(17-8-11-20(12-9-17)24(25,26)27)19-10-13-22-18(16-19)14-15-28-22/h3-16,23H,1-2H3. The molecule has 3 aromatic carbocycles. The van der Waals surface area contributed by atoms with E-state index < -0.39 is 19.8 Å². The van der Waals surface area contributed by atoms with Crippen molar-refractivity contribution in [2.45, 2.75) is 24.8 Å². The normalized spacial score (nSPS) is 13.6. The maximum atomic E-state index is 13.1. The molecule has 0 N–H and O–H groups in total. The Labute approximate surface area is 168 Å². The highest BCUT2D eigenvalue weighted by atomic mass is 28.3. The van der Waals surface area contributed by atoms with Crippen LogP contribution >= 0.6 is 0 Å². The molecule has 0 amide bonds. The van der Waals surface area contributed by atoms with Crippen LogP contribution in [0.15, 0.2) is 89.5 Å². The van der Waals surface area contributed by atoms with Gasteiger partial charge in [-0.2, -0.15) is 13.2 Å². The first-order valence-electron chi connectivity index (χ1n) is 9.46. The van der Waals surface area contributed by atoms with E-state index in [1.165, 1.54) is 17.3 Å². The molecule has 1 nitrogen and oxygen atoms in total. The molecule has 29 heavy (non-hydrogen) atoms. The first-order chi connectivity index (χ1) is 13.8. The van der Waals surface area contributed by atoms with Gasteiger partial charge in [-0.05, 0) is 41.5 Å². The number of hydrogen-bond donors (Lipinski definition) is 0. The number of hydrogen-bond acceptors (Lipinski definition) is 1. The molecule has 0 saturated heterocycles. The minimum atomic E-state index is -4.34. The maximum absolute atomic E-state index is 13.1. The zero-order chi connectivity index (χ0) is 20.6. The molecule has 0 aliphatic heterocycles. The smallest absolute Gasteiger partial charge is 0.416 e. The van der Waals surface area contributed by atoms with Gasteiger partial charge in [0.2, 0.25) is 0 Å². The van der Waals surface area contributed by atoms with Crippen molar-refractivity contribution in [2.24, 2.45) is 0 Å². The van der Waals surface area contributed by atoms with Gasteiger partial charge in [0.1, 0.15) is 5.58 Å². The fourth-order valence-electron chi connectivity index (χ4n) is 4.09. The van der Waals surface area contributed by atoms with E-state index in [2.05, 4.69) is 31.3 Å². The lowest BCUT2D eigenvalue weighted by atomic mass is 10.0. The number of rotatable bonds is 4. The number of halogens is 3. The van der Waals surface area contributed by atoms with Crippen molar-refractivity contribution in [3.05, 3.63) is 102 Å². The van der Waals surface area contributed by atoms with Gasteiger partial charge in [0.05, 0.1) is 19.9 Å². The summed E-state index contributed by atoms with van der Waals surface area (Å²) in [5.41, 5.74) is 2.19. The van der Waals surface area contributed by atoms with Gasteiger partial charge in [0.25, 0.3) is 0 Å². The van der Waals surface area contributed by atoms with Crippen molar-refractivity contribution < 1.29 is 17.6 Å². The predicted octanol–water partition coefficient (Wildman–Crippen LogP) is 6.74. The highest BCUT2D eigenvalue weighted by Crippen LogP contribution is 2.37. The average molecular weight is 411 g/mol. The molecule has 1 atom stereocenters. The largest absolute Gasteiger partial charge is 0.464 e. The molecule has 1 heterocycles. The lowest BCUT2D eigenvalue weighted by molar-refractivity contribution is -0.137. The molecule has 4 rings (SSSR count). The topological polar surface area (TPSA) is 13.1 Å². The number of furan rings is 1. The highest BCUT2D eigenvalue weighted by molar-refractivity contribution is 6.91. The second kappa shape index (κ2) is 7.23. The fourth-order valence-corrected chi connectivity index (χ4v) is 7.51. The van der Waals surface area contributed by atoms with Gasteiger partial charge in [0.15, 0.2) is 0 Å². The SMILES string of the molecule is C[Si](C)(c1ccccc1)C(c1ccc(C(F)(F)F)cc1)c1ccc2occc2c1. The summed E-state index contributed by atoms with van der Waals surface area (Å²) in [4.78, 5) is 0. The fraction of sp³-hybridized carbons (Fsp3) is 0.167. The van der Waals surface area contributed by atoms with Crippen LogP contribution in [0.2, 0.25) is 13.1 Å². The molecule has 0 saturated carbocycles. The van der Waals surface area contributed by atoms with Crippen LogP contribution in [0.4, 0.5) is 13.2 Å². The molecular formula is C24H21F3OSi. The van der Waals surface area contributed by atoms with E-state index in [1.54, 1.807) is 18.4 Å². The number of fused-ring (bicyclic) bond motifs is 1. The molecule has 0 aliphatic carbocycles. The van der Waals surface area contributed by atoms with E-state index in [-0.39, 0.29) is 5.54 Å². The summed E-state index contributed by atoms with van der Waals surface area (Å²) in [5.74, 6) is 0. The Bertz CT molecular complexity index is 1110. The third kappa shape index (κ3) is 3.75. The zero-order valence-corrected chi connectivity index (χ0v) is 17.2. The molecule has 4 aromatic rings. The lowest BCUT2D eigenvalue weighted by Gasteiger charge is -2.34. The van der Waals surface area contributed by atoms with Crippen LogP contribution in [0.1, 0.15) is 22.2 Å². The van der Waals surface area contributed by atoms with Crippen LogP contribution in [-0.2, 0) is 6.18 Å². The van der Waals surface area contributed by atoms with E-state index in [0.29, 0.717) is 0 Å². The molecule has 0 radical (unpaired) electrons. The van der Waals surface area contributed by atoms with E-state index in [1.807, 2.05) is 36.4 Å². The van der Waals surface area contributed by atoms with E-state index in [9.17, 15) is 13.2 Å². The minimum absolute atomic E-state index is 0.00600. The quantitative estimate of drug-likeness (QED) is 0.340. The Morgan fingerprint density at radius 1 is 0.793 bits per heavy atom. The van der Waals surface area contributed by atoms with Gasteiger partial charge in [-0.25, -0.2) is 0 Å². The molecular weight excluding hydrogens is 389 g/mol. The molecule has 148 valence electrons. The Balaban J connectivity index is 1.87. The van der Waals surface area contributed by atoms with Crippen molar-refractivity contribution in [2.75, 3.05) is 0 Å². The van der Waals surface area contributed by atoms with E-state index >= 15 is 0 Å². The first-order valence-corrected chi connectivity index (χ1v) is 12.5. The van der Waals surface area contributed by atoms with Gasteiger partial charge >= 0.3 is 6.18 Å². The van der Waals surface area contributed by atoms with Crippen LogP contribution in [0.25, 0.3) is 11.0 Å². The molecule has 1 aromatic heterocycles. The second-order valence-electron chi connectivity index (χ2n) is 7.86. The van der Waals surface area contributed by atoms with Crippen molar-refractivity contribution in [3.8, 4) is 0 Å². The Kier molecular flexibility index (Phi) is 4.86. The molecule has 0 aliphatic rings. The van der Waals surface area contributed by atoms with Gasteiger partial charge in [0, 0.05) is 10.9 Å². The summed E-state index contributed by atoms with van der Waals surface area (Å²) in [5, 5.41) is 2.26. The highest BCUT2D eigenvalue weighted by Gasteiger charge is 2.37. The minimum Gasteiger partial charge on any atom is -0.464 e. The predicted molar refractivity (Wildman–Crippen MR) is 113 cm³/mol. The summed E-state index contributed by atoms with van der Waals surface area (Å²) < 4.78 is 44.7. The van der Waals surface area contributed by atoms with Crippen LogP contribution in [0.3, 0.4) is 0 Å². The van der Waals surface area contributed by atoms with Crippen LogP contribution < -0.4 is 5.19 Å². The van der Waals surface area contributed by atoms with Crippen LogP contribution in [-0.4, -0.2) is 8.07 Å². The summed E-state index contributed by atoms with van der Waals surface area (Å²) in [7, 11) is -2.13. The number of alkyl halides is 3. The van der Waals surface area contributed by atoms with Crippen molar-refractivity contribution in [3.63, 3.8) is 0 Å². The maximum Gasteiger partial charge on any atom is 0.416 e. The molecule has 1 unspecified atom stereocenters. The summed E-state index contributed by atoms with van der Waals surface area (Å²) in [6.45, 7) is 4.54. The Hall–Kier alpha value is -2.79. The number of benzene rings is 3. The van der Waals surface area contributed by atoms with Crippen molar-refractivity contribution in [1.29, 1.82) is 0 Å². The molecule has 0 bridgehead atoms. The van der Waals surface area contributed by atoms with E-state index in [0.717, 1.165) is 22.1 Å². The van der Waals surface area contributed by atoms with Crippen molar-refractivity contribution in [1.82, 2.24) is 0 Å². The van der Waals surface area contributed by atoms with Crippen molar-refractivity contribution >= 4 is 24.2 Å². The lowest BCUT2D eigenvalue weighted by Crippen LogP contribution is -2.48. The van der Waals surface area contributed by atoms with Gasteiger partial charge in [-0.1, -0.05) is 66.8 Å². The van der Waals surface area contributed by atoms with Crippen LogP contribution in [0.5, 0.6) is 0 Å². The van der Waals surface area contributed by atoms with Crippen LogP contribution in [0, 0.1) is 0 Å². The van der Waals surface area contributed by atoms with Gasteiger partial charge in [-0.15, -0.1) is 0 Å². The Morgan fingerprint density at radius 3 is 2.10 bits per heavy atom. The van der Waals surface area contributed by atoms with Gasteiger partial charge < -0.3 is 4.42 Å². The first kappa shape index (κ1) is 19.5. The summed E-state index contributed by atoms with van der Waals surface area (Å²) >= 11 is 0. The molecule has 5 heteroatoms. The van der Waals surface area contributed by atoms with E-state index in [4.69, 9.17) is 4.42 Å². The molecule has 0 spiro atoms. The second-order valence-corrected chi connectivity index (χ2v) is 12.5. The summed E-state index contributed by atoms with van der Waals surface area (Å²) in [6.07, 6.45) is -2.68. The summed E-state index contributed by atoms with van der Waals surface area (Å²) in [6, 6.07) is 23.9. The Morgan fingerprint density at radius 2 is 1.45 bits per heavy atom. The van der Waals surface area contributed by atoms with Gasteiger partial charge in [-0.3, -0.25) is 0 Å². The third-order valence-electron chi connectivity index (χ3n) is 5.62. The third-order valence-corrected chi connectivity index (χ3v) is 9.55. The monoisotopic (exact) mass is 410 g/mol.